The first-order valence-corrected chi connectivity index (χ1v) is 5.84. The lowest BCUT2D eigenvalue weighted by molar-refractivity contribution is 0.616. The summed E-state index contributed by atoms with van der Waals surface area (Å²) in [5.74, 6) is 2.82. The molecule has 0 bridgehead atoms. The topological polar surface area (TPSA) is 43.8 Å². The van der Waals surface area contributed by atoms with E-state index in [1.54, 1.807) is 0 Å². The molecule has 0 fully saturated rings. The number of nitrogens with two attached hydrogens (primary N) is 1. The third-order valence-electron chi connectivity index (χ3n) is 2.58. The lowest BCUT2D eigenvalue weighted by Gasteiger charge is -2.10. The van der Waals surface area contributed by atoms with Crippen LogP contribution in [0.15, 0.2) is 0 Å². The van der Waals surface area contributed by atoms with Crippen LogP contribution < -0.4 is 5.73 Å². The largest absolute Gasteiger partial charge is 0.384 e. The predicted octanol–water partition coefficient (Wildman–Crippen LogP) is 3.12. The van der Waals surface area contributed by atoms with E-state index in [0.29, 0.717) is 11.8 Å². The Morgan fingerprint density at radius 1 is 1.20 bits per heavy atom. The van der Waals surface area contributed by atoms with E-state index in [-0.39, 0.29) is 0 Å². The van der Waals surface area contributed by atoms with Crippen LogP contribution in [-0.2, 0) is 6.54 Å². The van der Waals surface area contributed by atoms with Gasteiger partial charge in [0.05, 0.1) is 5.69 Å². The van der Waals surface area contributed by atoms with Crippen molar-refractivity contribution in [2.75, 3.05) is 5.73 Å². The maximum absolute atomic E-state index is 6.13. The molecule has 0 aliphatic carbocycles. The zero-order valence-electron chi connectivity index (χ0n) is 10.5. The van der Waals surface area contributed by atoms with E-state index < -0.39 is 0 Å². The minimum absolute atomic E-state index is 0.403. The highest BCUT2D eigenvalue weighted by molar-refractivity contribution is 5.40. The van der Waals surface area contributed by atoms with Gasteiger partial charge in [0.2, 0.25) is 0 Å². The van der Waals surface area contributed by atoms with Crippen molar-refractivity contribution in [1.29, 1.82) is 0 Å². The van der Waals surface area contributed by atoms with Crippen molar-refractivity contribution < 1.29 is 0 Å². The van der Waals surface area contributed by atoms with Crippen molar-refractivity contribution in [1.82, 2.24) is 9.55 Å². The second kappa shape index (κ2) is 4.69. The standard InChI is InChI=1S/C12H23N3/c1-6-7-15-11(13)10(8(2)3)14-12(15)9(4)5/h8-9H,6-7,13H2,1-5H3. The molecule has 0 unspecified atom stereocenters. The van der Waals surface area contributed by atoms with Crippen molar-refractivity contribution in [3.05, 3.63) is 11.5 Å². The molecule has 0 aromatic carbocycles. The van der Waals surface area contributed by atoms with Gasteiger partial charge in [-0.15, -0.1) is 0 Å². The molecule has 0 radical (unpaired) electrons. The molecule has 0 aliphatic rings. The number of aromatic nitrogens is 2. The lowest BCUT2D eigenvalue weighted by atomic mass is 10.1. The Morgan fingerprint density at radius 2 is 1.80 bits per heavy atom. The van der Waals surface area contributed by atoms with Crippen molar-refractivity contribution in [2.24, 2.45) is 0 Å². The van der Waals surface area contributed by atoms with Gasteiger partial charge in [0.25, 0.3) is 0 Å². The first-order chi connectivity index (χ1) is 6.99. The fourth-order valence-corrected chi connectivity index (χ4v) is 1.83. The van der Waals surface area contributed by atoms with Crippen LogP contribution in [0.3, 0.4) is 0 Å². The van der Waals surface area contributed by atoms with E-state index in [4.69, 9.17) is 5.73 Å². The first-order valence-electron chi connectivity index (χ1n) is 5.84. The monoisotopic (exact) mass is 209 g/mol. The number of nitrogen functional groups attached to an aromatic ring is 1. The molecule has 2 N–H and O–H groups in total. The highest BCUT2D eigenvalue weighted by Crippen LogP contribution is 2.26. The summed E-state index contributed by atoms with van der Waals surface area (Å²) in [5, 5.41) is 0. The van der Waals surface area contributed by atoms with E-state index in [1.165, 1.54) is 0 Å². The molecule has 15 heavy (non-hydrogen) atoms. The van der Waals surface area contributed by atoms with Crippen LogP contribution in [0.5, 0.6) is 0 Å². The zero-order chi connectivity index (χ0) is 11.6. The molecular weight excluding hydrogens is 186 g/mol. The number of anilines is 1. The van der Waals surface area contributed by atoms with Gasteiger partial charge in [-0.25, -0.2) is 4.98 Å². The summed E-state index contributed by atoms with van der Waals surface area (Å²) < 4.78 is 2.17. The van der Waals surface area contributed by atoms with Crippen LogP contribution in [0.25, 0.3) is 0 Å². The van der Waals surface area contributed by atoms with Gasteiger partial charge in [0.15, 0.2) is 0 Å². The minimum Gasteiger partial charge on any atom is -0.384 e. The van der Waals surface area contributed by atoms with E-state index >= 15 is 0 Å². The molecule has 3 heteroatoms. The fraction of sp³-hybridized carbons (Fsp3) is 0.750. The SMILES string of the molecule is CCCn1c(C(C)C)nc(C(C)C)c1N. The van der Waals surface area contributed by atoms with Gasteiger partial charge in [-0.05, 0) is 12.3 Å². The van der Waals surface area contributed by atoms with Gasteiger partial charge >= 0.3 is 0 Å². The molecular formula is C12H23N3. The van der Waals surface area contributed by atoms with Crippen LogP contribution >= 0.6 is 0 Å². The molecule has 0 saturated carbocycles. The predicted molar refractivity (Wildman–Crippen MR) is 65.1 cm³/mol. The maximum Gasteiger partial charge on any atom is 0.127 e. The van der Waals surface area contributed by atoms with Crippen LogP contribution in [0, 0.1) is 0 Å². The lowest BCUT2D eigenvalue weighted by Crippen LogP contribution is -2.08. The van der Waals surface area contributed by atoms with Crippen molar-refractivity contribution in [3.63, 3.8) is 0 Å². The van der Waals surface area contributed by atoms with Crippen LogP contribution in [-0.4, -0.2) is 9.55 Å². The molecule has 0 amide bonds. The van der Waals surface area contributed by atoms with Crippen molar-refractivity contribution in [2.45, 2.75) is 59.4 Å². The smallest absolute Gasteiger partial charge is 0.127 e. The average molecular weight is 209 g/mol. The number of imidazole rings is 1. The van der Waals surface area contributed by atoms with Gasteiger partial charge in [0, 0.05) is 12.5 Å². The van der Waals surface area contributed by atoms with Gasteiger partial charge in [-0.3, -0.25) is 0 Å². The normalized spacial score (nSPS) is 11.7. The van der Waals surface area contributed by atoms with E-state index in [9.17, 15) is 0 Å². The quantitative estimate of drug-likeness (QED) is 0.828. The third-order valence-corrected chi connectivity index (χ3v) is 2.58. The Bertz CT molecular complexity index is 324. The number of hydrogen-bond donors (Lipinski definition) is 1. The summed E-state index contributed by atoms with van der Waals surface area (Å²) in [7, 11) is 0. The summed E-state index contributed by atoms with van der Waals surface area (Å²) in [6.07, 6.45) is 1.10. The zero-order valence-corrected chi connectivity index (χ0v) is 10.5. The minimum atomic E-state index is 0.403. The van der Waals surface area contributed by atoms with Crippen LogP contribution in [0.4, 0.5) is 5.82 Å². The first kappa shape index (κ1) is 12.1. The van der Waals surface area contributed by atoms with E-state index in [1.807, 2.05) is 0 Å². The number of nitrogens with zero attached hydrogens (tertiary/aromatic N) is 2. The number of hydrogen-bond acceptors (Lipinski definition) is 2. The molecule has 0 atom stereocenters. The van der Waals surface area contributed by atoms with Crippen LogP contribution in [0.1, 0.15) is 64.4 Å². The molecule has 0 spiro atoms. The van der Waals surface area contributed by atoms with Gasteiger partial charge in [-0.2, -0.15) is 0 Å². The average Bonchev–Trinajstić information content (AvgIpc) is 2.45. The summed E-state index contributed by atoms with van der Waals surface area (Å²) in [6, 6.07) is 0. The third kappa shape index (κ3) is 2.33. The molecule has 1 aromatic rings. The maximum atomic E-state index is 6.13. The molecule has 86 valence electrons. The molecule has 1 heterocycles. The van der Waals surface area contributed by atoms with Crippen molar-refractivity contribution in [3.8, 4) is 0 Å². The Hall–Kier alpha value is -0.990. The molecule has 3 nitrogen and oxygen atoms in total. The number of rotatable bonds is 4. The van der Waals surface area contributed by atoms with Crippen LogP contribution in [0.2, 0.25) is 0 Å². The van der Waals surface area contributed by atoms with Gasteiger partial charge < -0.3 is 10.3 Å². The highest BCUT2D eigenvalue weighted by Gasteiger charge is 2.18. The fourth-order valence-electron chi connectivity index (χ4n) is 1.83. The van der Waals surface area contributed by atoms with E-state index in [0.717, 1.165) is 30.3 Å². The summed E-state index contributed by atoms with van der Waals surface area (Å²) in [4.78, 5) is 4.67. The Morgan fingerprint density at radius 3 is 2.20 bits per heavy atom. The Labute approximate surface area is 92.7 Å². The summed E-state index contributed by atoms with van der Waals surface area (Å²) in [5.41, 5.74) is 7.18. The Balaban J connectivity index is 3.20. The second-order valence-electron chi connectivity index (χ2n) is 4.70. The summed E-state index contributed by atoms with van der Waals surface area (Å²) in [6.45, 7) is 11.7. The van der Waals surface area contributed by atoms with Crippen molar-refractivity contribution >= 4 is 5.82 Å². The van der Waals surface area contributed by atoms with Gasteiger partial charge in [0.1, 0.15) is 11.6 Å². The van der Waals surface area contributed by atoms with E-state index in [2.05, 4.69) is 44.2 Å². The Kier molecular flexibility index (Phi) is 3.77. The second-order valence-corrected chi connectivity index (χ2v) is 4.70. The molecule has 1 aromatic heterocycles. The molecule has 0 aliphatic heterocycles. The highest BCUT2D eigenvalue weighted by atomic mass is 15.1. The van der Waals surface area contributed by atoms with Gasteiger partial charge in [-0.1, -0.05) is 34.6 Å². The summed E-state index contributed by atoms with van der Waals surface area (Å²) >= 11 is 0. The molecule has 0 saturated heterocycles. The molecule has 1 rings (SSSR count).